The zero-order chi connectivity index (χ0) is 12.5. The molecule has 0 fully saturated rings. The fourth-order valence-electron chi connectivity index (χ4n) is 1.73. The number of hydrogen-bond donors (Lipinski definition) is 1. The number of anilines is 1. The van der Waals surface area contributed by atoms with E-state index in [2.05, 4.69) is 5.10 Å². The van der Waals surface area contributed by atoms with Crippen molar-refractivity contribution in [1.29, 1.82) is 0 Å². The molecule has 2 aromatic heterocycles. The summed E-state index contributed by atoms with van der Waals surface area (Å²) >= 11 is 7.51. The molecule has 0 bridgehead atoms. The number of nitrogens with zero attached hydrogens (tertiary/aromatic N) is 2. The molecule has 0 amide bonds. The van der Waals surface area contributed by atoms with Gasteiger partial charge in [0.2, 0.25) is 0 Å². The van der Waals surface area contributed by atoms with Gasteiger partial charge in [0, 0.05) is 11.1 Å². The number of nitrogen functional groups attached to an aromatic ring is 1. The number of rotatable bonds is 2. The highest BCUT2D eigenvalue weighted by Crippen LogP contribution is 2.26. The molecule has 90 valence electrons. The SMILES string of the molecule is Nc1cc(-c2cccs2)nn1-c1ccc(Cl)cc1. The van der Waals surface area contributed by atoms with Crippen LogP contribution in [0.5, 0.6) is 0 Å². The third-order valence-electron chi connectivity index (χ3n) is 2.58. The van der Waals surface area contributed by atoms with Crippen molar-refractivity contribution >= 4 is 28.8 Å². The number of benzene rings is 1. The molecule has 0 aliphatic carbocycles. The lowest BCUT2D eigenvalue weighted by atomic mass is 10.3. The average molecular weight is 276 g/mol. The van der Waals surface area contributed by atoms with E-state index in [1.165, 1.54) is 0 Å². The summed E-state index contributed by atoms with van der Waals surface area (Å²) in [4.78, 5) is 1.11. The van der Waals surface area contributed by atoms with Crippen LogP contribution in [-0.4, -0.2) is 9.78 Å². The summed E-state index contributed by atoms with van der Waals surface area (Å²) in [7, 11) is 0. The Labute approximate surface area is 113 Å². The first-order valence-electron chi connectivity index (χ1n) is 5.39. The van der Waals surface area contributed by atoms with Crippen LogP contribution in [0.1, 0.15) is 0 Å². The first kappa shape index (κ1) is 11.3. The summed E-state index contributed by atoms with van der Waals surface area (Å²) in [5.41, 5.74) is 7.78. The van der Waals surface area contributed by atoms with E-state index in [4.69, 9.17) is 17.3 Å². The Morgan fingerprint density at radius 1 is 1.17 bits per heavy atom. The van der Waals surface area contributed by atoms with E-state index in [-0.39, 0.29) is 0 Å². The Morgan fingerprint density at radius 2 is 1.94 bits per heavy atom. The quantitative estimate of drug-likeness (QED) is 0.772. The molecule has 5 heteroatoms. The second-order valence-corrected chi connectivity index (χ2v) is 5.20. The van der Waals surface area contributed by atoms with E-state index in [1.807, 2.05) is 47.8 Å². The normalized spacial score (nSPS) is 10.7. The largest absolute Gasteiger partial charge is 0.384 e. The van der Waals surface area contributed by atoms with E-state index < -0.39 is 0 Å². The summed E-state index contributed by atoms with van der Waals surface area (Å²) in [6.07, 6.45) is 0. The molecule has 3 nitrogen and oxygen atoms in total. The maximum absolute atomic E-state index is 5.99. The van der Waals surface area contributed by atoms with Crippen molar-refractivity contribution in [3.8, 4) is 16.3 Å². The molecule has 0 spiro atoms. The maximum Gasteiger partial charge on any atom is 0.127 e. The lowest BCUT2D eigenvalue weighted by Crippen LogP contribution is -2.01. The molecule has 0 atom stereocenters. The van der Waals surface area contributed by atoms with Gasteiger partial charge in [-0.1, -0.05) is 17.7 Å². The van der Waals surface area contributed by atoms with Crippen LogP contribution in [0.2, 0.25) is 5.02 Å². The van der Waals surface area contributed by atoms with Crippen LogP contribution in [0.15, 0.2) is 47.8 Å². The van der Waals surface area contributed by atoms with Gasteiger partial charge in [-0.05, 0) is 35.7 Å². The van der Waals surface area contributed by atoms with Crippen LogP contribution in [-0.2, 0) is 0 Å². The summed E-state index contributed by atoms with van der Waals surface area (Å²) in [6.45, 7) is 0. The maximum atomic E-state index is 5.99. The number of aromatic nitrogens is 2. The molecule has 0 saturated heterocycles. The Hall–Kier alpha value is -1.78. The fourth-order valence-corrected chi connectivity index (χ4v) is 2.54. The monoisotopic (exact) mass is 275 g/mol. The van der Waals surface area contributed by atoms with E-state index in [1.54, 1.807) is 16.0 Å². The highest BCUT2D eigenvalue weighted by molar-refractivity contribution is 7.13. The molecular formula is C13H10ClN3S. The summed E-state index contributed by atoms with van der Waals surface area (Å²) in [5, 5.41) is 7.23. The van der Waals surface area contributed by atoms with E-state index >= 15 is 0 Å². The molecule has 0 aliphatic rings. The second kappa shape index (κ2) is 4.48. The molecule has 0 aliphatic heterocycles. The predicted molar refractivity (Wildman–Crippen MR) is 76.3 cm³/mol. The van der Waals surface area contributed by atoms with Crippen molar-refractivity contribution in [3.63, 3.8) is 0 Å². The first-order chi connectivity index (χ1) is 8.74. The van der Waals surface area contributed by atoms with Crippen LogP contribution in [0, 0.1) is 0 Å². The molecular weight excluding hydrogens is 266 g/mol. The van der Waals surface area contributed by atoms with E-state index in [9.17, 15) is 0 Å². The highest BCUT2D eigenvalue weighted by Gasteiger charge is 2.09. The van der Waals surface area contributed by atoms with Crippen LogP contribution in [0.3, 0.4) is 0 Å². The van der Waals surface area contributed by atoms with Gasteiger partial charge in [0.25, 0.3) is 0 Å². The van der Waals surface area contributed by atoms with Crippen LogP contribution >= 0.6 is 22.9 Å². The van der Waals surface area contributed by atoms with Gasteiger partial charge in [-0.3, -0.25) is 0 Å². The number of nitrogens with two attached hydrogens (primary N) is 1. The zero-order valence-electron chi connectivity index (χ0n) is 9.38. The molecule has 0 unspecified atom stereocenters. The van der Waals surface area contributed by atoms with Crippen molar-refractivity contribution < 1.29 is 0 Å². The Kier molecular flexibility index (Phi) is 2.81. The van der Waals surface area contributed by atoms with Gasteiger partial charge in [0.15, 0.2) is 0 Å². The van der Waals surface area contributed by atoms with Crippen molar-refractivity contribution in [2.45, 2.75) is 0 Å². The van der Waals surface area contributed by atoms with Crippen molar-refractivity contribution in [1.82, 2.24) is 9.78 Å². The molecule has 2 N–H and O–H groups in total. The minimum atomic E-state index is 0.612. The van der Waals surface area contributed by atoms with Gasteiger partial charge < -0.3 is 5.73 Å². The average Bonchev–Trinajstić information content (AvgIpc) is 2.99. The summed E-state index contributed by atoms with van der Waals surface area (Å²) in [6, 6.07) is 13.3. The lowest BCUT2D eigenvalue weighted by Gasteiger charge is -2.03. The van der Waals surface area contributed by atoms with Gasteiger partial charge in [-0.25, -0.2) is 4.68 Å². The molecule has 18 heavy (non-hydrogen) atoms. The topological polar surface area (TPSA) is 43.8 Å². The van der Waals surface area contributed by atoms with Gasteiger partial charge >= 0.3 is 0 Å². The molecule has 2 heterocycles. The number of halogens is 1. The zero-order valence-corrected chi connectivity index (χ0v) is 10.9. The first-order valence-corrected chi connectivity index (χ1v) is 6.65. The third kappa shape index (κ3) is 2.00. The van der Waals surface area contributed by atoms with Crippen molar-refractivity contribution in [3.05, 3.63) is 52.9 Å². The van der Waals surface area contributed by atoms with Gasteiger partial charge in [0.1, 0.15) is 11.5 Å². The standard InChI is InChI=1S/C13H10ClN3S/c14-9-3-5-10(6-4-9)17-13(15)8-11(16-17)12-2-1-7-18-12/h1-8H,15H2. The minimum absolute atomic E-state index is 0.612. The molecule has 0 saturated carbocycles. The number of hydrogen-bond acceptors (Lipinski definition) is 3. The van der Waals surface area contributed by atoms with Crippen molar-refractivity contribution in [2.75, 3.05) is 5.73 Å². The smallest absolute Gasteiger partial charge is 0.127 e. The lowest BCUT2D eigenvalue weighted by molar-refractivity contribution is 0.896. The fraction of sp³-hybridized carbons (Fsp3) is 0. The Bertz CT molecular complexity index is 656. The summed E-state index contributed by atoms with van der Waals surface area (Å²) < 4.78 is 1.71. The predicted octanol–water partition coefficient (Wildman–Crippen LogP) is 3.84. The second-order valence-electron chi connectivity index (χ2n) is 3.82. The van der Waals surface area contributed by atoms with Gasteiger partial charge in [-0.15, -0.1) is 11.3 Å². The number of thiophene rings is 1. The van der Waals surface area contributed by atoms with E-state index in [0.29, 0.717) is 10.8 Å². The molecule has 1 aromatic carbocycles. The van der Waals surface area contributed by atoms with Gasteiger partial charge in [-0.2, -0.15) is 5.10 Å². The van der Waals surface area contributed by atoms with E-state index in [0.717, 1.165) is 16.3 Å². The van der Waals surface area contributed by atoms with Crippen LogP contribution in [0.25, 0.3) is 16.3 Å². The third-order valence-corrected chi connectivity index (χ3v) is 3.73. The van der Waals surface area contributed by atoms with Crippen molar-refractivity contribution in [2.24, 2.45) is 0 Å². The Morgan fingerprint density at radius 3 is 2.61 bits per heavy atom. The molecule has 0 radical (unpaired) electrons. The van der Waals surface area contributed by atoms with Crippen LogP contribution < -0.4 is 5.73 Å². The Balaban J connectivity index is 2.06. The molecule has 3 rings (SSSR count). The summed E-state index contributed by atoms with van der Waals surface area (Å²) in [5.74, 6) is 0.612. The van der Waals surface area contributed by atoms with Crippen LogP contribution in [0.4, 0.5) is 5.82 Å². The molecule has 3 aromatic rings. The van der Waals surface area contributed by atoms with Gasteiger partial charge in [0.05, 0.1) is 10.6 Å². The minimum Gasteiger partial charge on any atom is -0.384 e. The highest BCUT2D eigenvalue weighted by atomic mass is 35.5.